The minimum atomic E-state index is -0.805. The lowest BCUT2D eigenvalue weighted by molar-refractivity contribution is -0.122. The molecule has 1 saturated heterocycles. The fraction of sp³-hybridized carbons (Fsp3) is 0.314. The Morgan fingerprint density at radius 2 is 1.60 bits per heavy atom. The van der Waals surface area contributed by atoms with Gasteiger partial charge in [-0.15, -0.1) is 0 Å². The van der Waals surface area contributed by atoms with Gasteiger partial charge in [-0.05, 0) is 127 Å². The zero-order valence-electron chi connectivity index (χ0n) is 24.4. The summed E-state index contributed by atoms with van der Waals surface area (Å²) in [6, 6.07) is 16.8. The molecule has 10 heteroatoms. The number of carbonyl (C=O) groups is 4. The van der Waals surface area contributed by atoms with Crippen molar-refractivity contribution in [3.63, 3.8) is 0 Å². The molecule has 0 aromatic heterocycles. The van der Waals surface area contributed by atoms with E-state index in [0.717, 1.165) is 22.7 Å². The van der Waals surface area contributed by atoms with Crippen molar-refractivity contribution in [2.45, 2.75) is 43.9 Å². The second kappa shape index (κ2) is 11.5. The van der Waals surface area contributed by atoms with E-state index in [1.54, 1.807) is 18.2 Å². The van der Waals surface area contributed by atoms with Gasteiger partial charge in [0, 0.05) is 5.69 Å². The van der Waals surface area contributed by atoms with Crippen LogP contribution in [0.15, 0.2) is 72.3 Å². The number of hydrogen-bond donors (Lipinski definition) is 2. The summed E-state index contributed by atoms with van der Waals surface area (Å²) in [5.41, 5.74) is 2.47. The van der Waals surface area contributed by atoms with Crippen LogP contribution in [-0.4, -0.2) is 30.4 Å². The molecule has 1 heterocycles. The number of urea groups is 1. The highest BCUT2D eigenvalue weighted by molar-refractivity contribution is 6.39. The minimum Gasteiger partial charge on any atom is -0.482 e. The van der Waals surface area contributed by atoms with E-state index in [4.69, 9.17) is 16.3 Å². The Kier molecular flexibility index (Phi) is 7.44. The van der Waals surface area contributed by atoms with E-state index >= 15 is 0 Å². The molecule has 1 aliphatic heterocycles. The number of hydrogen-bond acceptors (Lipinski definition) is 5. The van der Waals surface area contributed by atoms with Gasteiger partial charge in [-0.2, -0.15) is 0 Å². The lowest BCUT2D eigenvalue weighted by Gasteiger charge is -2.57. The topological polar surface area (TPSA) is 105 Å². The summed E-state index contributed by atoms with van der Waals surface area (Å²) < 4.78 is 18.6. The summed E-state index contributed by atoms with van der Waals surface area (Å²) in [6.07, 6.45) is 9.02. The molecule has 4 bridgehead atoms. The number of barbiturate groups is 1. The molecule has 0 radical (unpaired) electrons. The standard InChI is InChI=1S/C35H31ClFN3O5/c36-29-15-20(1-10-30(29)45-19-31(41)38-26-6-4-25(37)5-7-26)14-28-32(42)39-34(44)40(33(28)43)27-8-2-24(3-9-27)35-16-21-11-22(17-35)13-23(12-21)18-35/h1-10,14-15,21-23H,11-13,16-19H2,(H,38,41)(H,39,42,44)/b28-14+. The number of carbonyl (C=O) groups excluding carboxylic acids is 4. The molecule has 45 heavy (non-hydrogen) atoms. The quantitative estimate of drug-likeness (QED) is 0.226. The molecular formula is C35H31ClFN3O5. The van der Waals surface area contributed by atoms with Gasteiger partial charge in [0.25, 0.3) is 17.7 Å². The van der Waals surface area contributed by atoms with Gasteiger partial charge in [-0.3, -0.25) is 19.7 Å². The Balaban J connectivity index is 1.04. The average Bonchev–Trinajstić information content (AvgIpc) is 2.99. The molecule has 8 rings (SSSR count). The fourth-order valence-electron chi connectivity index (χ4n) is 8.08. The smallest absolute Gasteiger partial charge is 0.335 e. The fourth-order valence-corrected chi connectivity index (χ4v) is 8.33. The van der Waals surface area contributed by atoms with Crippen molar-refractivity contribution < 1.29 is 28.3 Å². The van der Waals surface area contributed by atoms with E-state index < -0.39 is 29.6 Å². The zero-order valence-corrected chi connectivity index (χ0v) is 25.1. The van der Waals surface area contributed by atoms with Crippen LogP contribution in [0.1, 0.15) is 49.7 Å². The molecule has 0 spiro atoms. The molecular weight excluding hydrogens is 597 g/mol. The van der Waals surface area contributed by atoms with E-state index in [-0.39, 0.29) is 28.4 Å². The highest BCUT2D eigenvalue weighted by Gasteiger charge is 2.51. The van der Waals surface area contributed by atoms with Gasteiger partial charge in [0.05, 0.1) is 10.7 Å². The van der Waals surface area contributed by atoms with Crippen molar-refractivity contribution in [1.29, 1.82) is 0 Å². The maximum absolute atomic E-state index is 13.5. The summed E-state index contributed by atoms with van der Waals surface area (Å²) in [5, 5.41) is 5.01. The number of rotatable bonds is 7. The molecule has 8 nitrogen and oxygen atoms in total. The van der Waals surface area contributed by atoms with Crippen LogP contribution in [0, 0.1) is 23.6 Å². The van der Waals surface area contributed by atoms with Crippen LogP contribution in [0.5, 0.6) is 5.75 Å². The van der Waals surface area contributed by atoms with Gasteiger partial charge in [-0.1, -0.05) is 29.8 Å². The molecule has 3 aromatic carbocycles. The Morgan fingerprint density at radius 1 is 0.956 bits per heavy atom. The second-order valence-electron chi connectivity index (χ2n) is 12.7. The number of halogens is 2. The normalized spacial score (nSPS) is 26.3. The minimum absolute atomic E-state index is 0.149. The molecule has 0 unspecified atom stereocenters. The highest BCUT2D eigenvalue weighted by Crippen LogP contribution is 2.60. The van der Waals surface area contributed by atoms with E-state index in [9.17, 15) is 23.6 Å². The van der Waals surface area contributed by atoms with Crippen molar-refractivity contribution in [2.75, 3.05) is 16.8 Å². The molecule has 4 saturated carbocycles. The third kappa shape index (κ3) is 5.73. The molecule has 5 aliphatic rings. The monoisotopic (exact) mass is 627 g/mol. The van der Waals surface area contributed by atoms with Crippen LogP contribution in [0.4, 0.5) is 20.6 Å². The van der Waals surface area contributed by atoms with Gasteiger partial charge in [0.2, 0.25) is 0 Å². The molecule has 3 aromatic rings. The summed E-state index contributed by atoms with van der Waals surface area (Å²) >= 11 is 6.38. The third-order valence-electron chi connectivity index (χ3n) is 9.63. The predicted octanol–water partition coefficient (Wildman–Crippen LogP) is 6.63. The number of anilines is 2. The predicted molar refractivity (Wildman–Crippen MR) is 167 cm³/mol. The van der Waals surface area contributed by atoms with E-state index in [0.29, 0.717) is 16.9 Å². The number of ether oxygens (including phenoxy) is 1. The number of benzene rings is 3. The molecule has 230 valence electrons. The summed E-state index contributed by atoms with van der Waals surface area (Å²) in [5.74, 6) is 0.175. The van der Waals surface area contributed by atoms with E-state index in [2.05, 4.69) is 10.6 Å². The number of nitrogens with one attached hydrogen (secondary N) is 2. The number of amides is 5. The van der Waals surface area contributed by atoms with E-state index in [1.807, 2.05) is 12.1 Å². The molecule has 2 N–H and O–H groups in total. The van der Waals surface area contributed by atoms with Crippen molar-refractivity contribution >= 4 is 52.8 Å². The highest BCUT2D eigenvalue weighted by atomic mass is 35.5. The molecule has 4 aliphatic carbocycles. The first-order chi connectivity index (χ1) is 21.7. The van der Waals surface area contributed by atoms with Crippen molar-refractivity contribution in [1.82, 2.24) is 5.32 Å². The lowest BCUT2D eigenvalue weighted by atomic mass is 9.48. The molecule has 5 fully saturated rings. The lowest BCUT2D eigenvalue weighted by Crippen LogP contribution is -2.54. The maximum Gasteiger partial charge on any atom is 0.335 e. The van der Waals surface area contributed by atoms with Gasteiger partial charge >= 0.3 is 6.03 Å². The van der Waals surface area contributed by atoms with Gasteiger partial charge in [-0.25, -0.2) is 14.1 Å². The van der Waals surface area contributed by atoms with Gasteiger partial charge < -0.3 is 10.1 Å². The molecule has 0 atom stereocenters. The maximum atomic E-state index is 13.5. The van der Waals surface area contributed by atoms with Crippen LogP contribution >= 0.6 is 11.6 Å². The Morgan fingerprint density at radius 3 is 2.22 bits per heavy atom. The first-order valence-electron chi connectivity index (χ1n) is 15.2. The third-order valence-corrected chi connectivity index (χ3v) is 9.93. The summed E-state index contributed by atoms with van der Waals surface area (Å²) in [7, 11) is 0. The largest absolute Gasteiger partial charge is 0.482 e. The van der Waals surface area contributed by atoms with Crippen LogP contribution in [0.3, 0.4) is 0 Å². The Labute approximate surface area is 264 Å². The first-order valence-corrected chi connectivity index (χ1v) is 15.5. The summed E-state index contributed by atoms with van der Waals surface area (Å²) in [4.78, 5) is 52.3. The first kappa shape index (κ1) is 29.2. The van der Waals surface area contributed by atoms with Crippen molar-refractivity contribution in [3.05, 3.63) is 94.3 Å². The van der Waals surface area contributed by atoms with E-state index in [1.165, 1.54) is 86.6 Å². The molecule has 5 amide bonds. The van der Waals surface area contributed by atoms with Crippen LogP contribution in [0.2, 0.25) is 5.02 Å². The van der Waals surface area contributed by atoms with Crippen molar-refractivity contribution in [2.24, 2.45) is 17.8 Å². The van der Waals surface area contributed by atoms with Gasteiger partial charge in [0.15, 0.2) is 6.61 Å². The van der Waals surface area contributed by atoms with Crippen LogP contribution in [0.25, 0.3) is 6.08 Å². The average molecular weight is 628 g/mol. The second-order valence-corrected chi connectivity index (χ2v) is 13.1. The zero-order chi connectivity index (χ0) is 31.3. The van der Waals surface area contributed by atoms with Crippen LogP contribution in [-0.2, 0) is 19.8 Å². The Hall–Kier alpha value is -4.50. The number of imide groups is 2. The van der Waals surface area contributed by atoms with Crippen molar-refractivity contribution in [3.8, 4) is 5.75 Å². The van der Waals surface area contributed by atoms with Crippen LogP contribution < -0.4 is 20.3 Å². The Bertz CT molecular complexity index is 1700. The van der Waals surface area contributed by atoms with Gasteiger partial charge in [0.1, 0.15) is 17.1 Å². The summed E-state index contributed by atoms with van der Waals surface area (Å²) in [6.45, 7) is -0.350. The SMILES string of the molecule is O=C(COc1ccc(/C=C2\C(=O)NC(=O)N(c3ccc(C45CC6CC(CC(C6)C4)C5)cc3)C2=O)cc1Cl)Nc1ccc(F)cc1. The number of nitrogens with zero attached hydrogens (tertiary/aromatic N) is 1.